The van der Waals surface area contributed by atoms with Gasteiger partial charge in [0.25, 0.3) is 5.91 Å². The first kappa shape index (κ1) is 16.9. The van der Waals surface area contributed by atoms with Gasteiger partial charge in [0, 0.05) is 31.2 Å². The van der Waals surface area contributed by atoms with Crippen LogP contribution < -0.4 is 11.1 Å². The molecule has 0 bridgehead atoms. The molecular formula is C18H24FN3O2. The maximum absolute atomic E-state index is 13.0. The molecule has 1 heterocycles. The molecule has 1 aliphatic carbocycles. The van der Waals surface area contributed by atoms with Crippen molar-refractivity contribution in [2.45, 2.75) is 31.7 Å². The molecular weight excluding hydrogens is 309 g/mol. The second kappa shape index (κ2) is 7.30. The Morgan fingerprint density at radius 1 is 1.25 bits per heavy atom. The number of nitrogens with one attached hydrogen (secondary N) is 1. The number of likely N-dealkylation sites (tertiary alicyclic amines) is 1. The molecule has 5 nitrogen and oxygen atoms in total. The Balaban J connectivity index is 1.60. The highest BCUT2D eigenvalue weighted by atomic mass is 19.1. The minimum atomic E-state index is -0.365. The fourth-order valence-electron chi connectivity index (χ4n) is 3.32. The molecule has 3 N–H and O–H groups in total. The first-order chi connectivity index (χ1) is 11.6. The van der Waals surface area contributed by atoms with Crippen LogP contribution in [0.2, 0.25) is 0 Å². The van der Waals surface area contributed by atoms with Gasteiger partial charge in [0.05, 0.1) is 5.92 Å². The third-order valence-electron chi connectivity index (χ3n) is 4.94. The van der Waals surface area contributed by atoms with Crippen LogP contribution in [-0.2, 0) is 4.79 Å². The van der Waals surface area contributed by atoms with Crippen LogP contribution in [0.1, 0.15) is 36.0 Å². The second-order valence-corrected chi connectivity index (χ2v) is 6.79. The van der Waals surface area contributed by atoms with Gasteiger partial charge in [-0.15, -0.1) is 0 Å². The number of halogens is 1. The number of nitrogens with zero attached hydrogens (tertiary/aromatic N) is 1. The van der Waals surface area contributed by atoms with Gasteiger partial charge in [0.15, 0.2) is 0 Å². The molecule has 2 aliphatic rings. The molecule has 2 fully saturated rings. The lowest BCUT2D eigenvalue weighted by molar-refractivity contribution is -0.127. The van der Waals surface area contributed by atoms with E-state index in [1.165, 1.54) is 24.3 Å². The third kappa shape index (κ3) is 3.93. The lowest BCUT2D eigenvalue weighted by Gasteiger charge is -2.33. The van der Waals surface area contributed by atoms with Crippen molar-refractivity contribution < 1.29 is 14.0 Å². The van der Waals surface area contributed by atoms with Crippen molar-refractivity contribution in [3.05, 3.63) is 35.6 Å². The van der Waals surface area contributed by atoms with Gasteiger partial charge in [-0.1, -0.05) is 0 Å². The van der Waals surface area contributed by atoms with E-state index >= 15 is 0 Å². The fraction of sp³-hybridized carbons (Fsp3) is 0.556. The van der Waals surface area contributed by atoms with E-state index in [4.69, 9.17) is 5.73 Å². The monoisotopic (exact) mass is 333 g/mol. The van der Waals surface area contributed by atoms with Crippen LogP contribution in [-0.4, -0.2) is 42.4 Å². The Kier molecular flexibility index (Phi) is 5.14. The quantitative estimate of drug-likeness (QED) is 0.858. The van der Waals surface area contributed by atoms with E-state index in [9.17, 15) is 14.0 Å². The summed E-state index contributed by atoms with van der Waals surface area (Å²) in [4.78, 5) is 26.7. The molecule has 0 aromatic heterocycles. The van der Waals surface area contributed by atoms with E-state index < -0.39 is 0 Å². The summed E-state index contributed by atoms with van der Waals surface area (Å²) < 4.78 is 13.0. The molecule has 1 saturated heterocycles. The predicted molar refractivity (Wildman–Crippen MR) is 88.7 cm³/mol. The maximum atomic E-state index is 13.0. The van der Waals surface area contributed by atoms with Gasteiger partial charge in [-0.3, -0.25) is 9.59 Å². The molecule has 1 aromatic rings. The summed E-state index contributed by atoms with van der Waals surface area (Å²) in [6.45, 7) is 1.49. The van der Waals surface area contributed by atoms with E-state index in [0.29, 0.717) is 31.1 Å². The minimum Gasteiger partial charge on any atom is -0.352 e. The first-order valence-electron chi connectivity index (χ1n) is 8.63. The number of benzene rings is 1. The molecule has 0 spiro atoms. The Morgan fingerprint density at radius 2 is 1.96 bits per heavy atom. The van der Waals surface area contributed by atoms with Gasteiger partial charge in [-0.2, -0.15) is 0 Å². The molecule has 1 aromatic carbocycles. The van der Waals surface area contributed by atoms with E-state index in [1.54, 1.807) is 4.90 Å². The predicted octanol–water partition coefficient (Wildman–Crippen LogP) is 1.53. The maximum Gasteiger partial charge on any atom is 0.253 e. The van der Waals surface area contributed by atoms with Crippen molar-refractivity contribution in [1.82, 2.24) is 10.2 Å². The molecule has 2 atom stereocenters. The van der Waals surface area contributed by atoms with Crippen LogP contribution in [0.3, 0.4) is 0 Å². The topological polar surface area (TPSA) is 75.4 Å². The summed E-state index contributed by atoms with van der Waals surface area (Å²) in [6.07, 6.45) is 3.83. The highest BCUT2D eigenvalue weighted by Gasteiger charge is 2.34. The van der Waals surface area contributed by atoms with Gasteiger partial charge in [-0.05, 0) is 55.9 Å². The Bertz CT molecular complexity index is 601. The van der Waals surface area contributed by atoms with Gasteiger partial charge < -0.3 is 16.0 Å². The van der Waals surface area contributed by atoms with Crippen molar-refractivity contribution in [2.75, 3.05) is 19.6 Å². The Labute approximate surface area is 141 Å². The van der Waals surface area contributed by atoms with Crippen LogP contribution in [0, 0.1) is 17.7 Å². The summed E-state index contributed by atoms with van der Waals surface area (Å²) in [7, 11) is 0. The number of hydrogen-bond acceptors (Lipinski definition) is 3. The third-order valence-corrected chi connectivity index (χ3v) is 4.94. The standard InChI is InChI=1S/C18H24FN3O2/c19-15-7-5-13(6-8-15)18(24)22-9-1-2-14(11-22)17(23)21-16(10-20)12-3-4-12/h5-8,12,14,16H,1-4,9-11,20H2,(H,21,23). The van der Waals surface area contributed by atoms with E-state index in [1.807, 2.05) is 0 Å². The van der Waals surface area contributed by atoms with Gasteiger partial charge in [0.2, 0.25) is 5.91 Å². The Hall–Kier alpha value is -1.95. The summed E-state index contributed by atoms with van der Waals surface area (Å²) in [5, 5.41) is 3.05. The number of carbonyl (C=O) groups is 2. The molecule has 6 heteroatoms. The van der Waals surface area contributed by atoms with Crippen molar-refractivity contribution in [1.29, 1.82) is 0 Å². The van der Waals surface area contributed by atoms with Crippen LogP contribution in [0.15, 0.2) is 24.3 Å². The summed E-state index contributed by atoms with van der Waals surface area (Å²) in [5.41, 5.74) is 6.20. The van der Waals surface area contributed by atoms with Crippen LogP contribution in [0.25, 0.3) is 0 Å². The van der Waals surface area contributed by atoms with E-state index in [-0.39, 0.29) is 29.6 Å². The molecule has 2 unspecified atom stereocenters. The molecule has 2 amide bonds. The molecule has 130 valence electrons. The van der Waals surface area contributed by atoms with Gasteiger partial charge >= 0.3 is 0 Å². The number of rotatable bonds is 5. The number of amides is 2. The van der Waals surface area contributed by atoms with Crippen molar-refractivity contribution >= 4 is 11.8 Å². The molecule has 1 aliphatic heterocycles. The van der Waals surface area contributed by atoms with Crippen molar-refractivity contribution in [3.63, 3.8) is 0 Å². The number of nitrogens with two attached hydrogens (primary N) is 1. The van der Waals surface area contributed by atoms with E-state index in [0.717, 1.165) is 25.7 Å². The average Bonchev–Trinajstić information content (AvgIpc) is 3.44. The summed E-state index contributed by atoms with van der Waals surface area (Å²) >= 11 is 0. The lowest BCUT2D eigenvalue weighted by atomic mass is 9.95. The summed E-state index contributed by atoms with van der Waals surface area (Å²) in [5.74, 6) is -0.204. The zero-order valence-electron chi connectivity index (χ0n) is 13.7. The SMILES string of the molecule is NCC(NC(=O)C1CCCN(C(=O)c2ccc(F)cc2)C1)C1CC1. The first-order valence-corrected chi connectivity index (χ1v) is 8.63. The van der Waals surface area contributed by atoms with E-state index in [2.05, 4.69) is 5.32 Å². The molecule has 0 radical (unpaired) electrons. The lowest BCUT2D eigenvalue weighted by Crippen LogP contribution is -2.49. The zero-order valence-corrected chi connectivity index (χ0v) is 13.7. The number of piperidine rings is 1. The fourth-order valence-corrected chi connectivity index (χ4v) is 3.32. The number of hydrogen-bond donors (Lipinski definition) is 2. The smallest absolute Gasteiger partial charge is 0.253 e. The number of carbonyl (C=O) groups excluding carboxylic acids is 2. The van der Waals surface area contributed by atoms with Crippen molar-refractivity contribution in [3.8, 4) is 0 Å². The van der Waals surface area contributed by atoms with Crippen LogP contribution in [0.5, 0.6) is 0 Å². The molecule has 24 heavy (non-hydrogen) atoms. The zero-order chi connectivity index (χ0) is 17.1. The second-order valence-electron chi connectivity index (χ2n) is 6.79. The average molecular weight is 333 g/mol. The largest absolute Gasteiger partial charge is 0.352 e. The Morgan fingerprint density at radius 3 is 2.58 bits per heavy atom. The van der Waals surface area contributed by atoms with Gasteiger partial charge in [0.1, 0.15) is 5.82 Å². The van der Waals surface area contributed by atoms with Crippen molar-refractivity contribution in [2.24, 2.45) is 17.6 Å². The molecule has 1 saturated carbocycles. The highest BCUT2D eigenvalue weighted by Crippen LogP contribution is 2.32. The molecule has 3 rings (SSSR count). The minimum absolute atomic E-state index is 0.00560. The normalized spacial score (nSPS) is 22.1. The summed E-state index contributed by atoms with van der Waals surface area (Å²) in [6, 6.07) is 5.59. The van der Waals surface area contributed by atoms with Crippen LogP contribution >= 0.6 is 0 Å². The highest BCUT2D eigenvalue weighted by molar-refractivity contribution is 5.94. The van der Waals surface area contributed by atoms with Gasteiger partial charge in [-0.25, -0.2) is 4.39 Å². The van der Waals surface area contributed by atoms with Crippen LogP contribution in [0.4, 0.5) is 4.39 Å².